The number of alkyl halides is 1. The van der Waals surface area contributed by atoms with Crippen LogP contribution in [0.2, 0.25) is 0 Å². The van der Waals surface area contributed by atoms with E-state index in [-0.39, 0.29) is 12.6 Å². The Bertz CT molecular complexity index is 288. The number of amides is 1. The van der Waals surface area contributed by atoms with E-state index < -0.39 is 17.4 Å². The van der Waals surface area contributed by atoms with Crippen LogP contribution in [0.15, 0.2) is 0 Å². The van der Waals surface area contributed by atoms with Crippen LogP contribution >= 0.6 is 0 Å². The molecule has 1 aliphatic rings. The maximum Gasteiger partial charge on any atom is 0.410 e. The molecule has 1 heterocycles. The largest absolute Gasteiger partial charge is 0.444 e. The Labute approximate surface area is 109 Å². The highest BCUT2D eigenvalue weighted by Crippen LogP contribution is 2.19. The lowest BCUT2D eigenvalue weighted by Crippen LogP contribution is -2.49. The van der Waals surface area contributed by atoms with Gasteiger partial charge in [-0.1, -0.05) is 0 Å². The summed E-state index contributed by atoms with van der Waals surface area (Å²) >= 11 is 0. The zero-order valence-electron chi connectivity index (χ0n) is 12.0. The number of nitrogens with one attached hydrogen (secondary N) is 1. The van der Waals surface area contributed by atoms with Crippen molar-refractivity contribution < 1.29 is 13.9 Å². The molecule has 4 nitrogen and oxygen atoms in total. The summed E-state index contributed by atoms with van der Waals surface area (Å²) in [7, 11) is 0. The third kappa shape index (κ3) is 5.21. The van der Waals surface area contributed by atoms with Gasteiger partial charge < -0.3 is 15.0 Å². The number of halogens is 1. The third-order valence-corrected chi connectivity index (χ3v) is 2.65. The first-order valence-electron chi connectivity index (χ1n) is 6.48. The highest BCUT2D eigenvalue weighted by Gasteiger charge is 2.34. The smallest absolute Gasteiger partial charge is 0.410 e. The van der Waals surface area contributed by atoms with Crippen LogP contribution in [0.3, 0.4) is 0 Å². The molecule has 0 aliphatic carbocycles. The number of hydrogen-bond donors (Lipinski definition) is 1. The molecule has 1 amide bonds. The molecule has 1 fully saturated rings. The number of hydrogen-bond acceptors (Lipinski definition) is 3. The average molecular weight is 260 g/mol. The van der Waals surface area contributed by atoms with Gasteiger partial charge in [-0.05, 0) is 47.6 Å². The zero-order valence-corrected chi connectivity index (χ0v) is 12.0. The monoisotopic (exact) mass is 260 g/mol. The van der Waals surface area contributed by atoms with Gasteiger partial charge in [0.25, 0.3) is 0 Å². The van der Waals surface area contributed by atoms with E-state index in [2.05, 4.69) is 5.32 Å². The average Bonchev–Trinajstić information content (AvgIpc) is 2.61. The minimum Gasteiger partial charge on any atom is -0.444 e. The first-order chi connectivity index (χ1) is 8.08. The Kier molecular flexibility index (Phi) is 4.59. The van der Waals surface area contributed by atoms with E-state index in [9.17, 15) is 9.18 Å². The Morgan fingerprint density at radius 3 is 2.39 bits per heavy atom. The van der Waals surface area contributed by atoms with Crippen molar-refractivity contribution in [2.45, 2.75) is 58.4 Å². The molecule has 1 atom stereocenters. The summed E-state index contributed by atoms with van der Waals surface area (Å²) in [5.41, 5.74) is -1.97. The minimum absolute atomic E-state index is 0.0230. The van der Waals surface area contributed by atoms with Crippen molar-refractivity contribution in [3.8, 4) is 0 Å². The summed E-state index contributed by atoms with van der Waals surface area (Å²) in [6.07, 6.45) is 0.414. The molecule has 0 aromatic rings. The first kappa shape index (κ1) is 15.2. The fourth-order valence-corrected chi connectivity index (χ4v) is 1.97. The van der Waals surface area contributed by atoms with Gasteiger partial charge in [0.2, 0.25) is 0 Å². The molecule has 5 heteroatoms. The van der Waals surface area contributed by atoms with Gasteiger partial charge in [-0.2, -0.15) is 0 Å². The van der Waals surface area contributed by atoms with E-state index >= 15 is 0 Å². The molecule has 0 aromatic carbocycles. The molecule has 18 heavy (non-hydrogen) atoms. The number of nitrogens with zero attached hydrogens (tertiary/aromatic N) is 1. The molecule has 0 radical (unpaired) electrons. The van der Waals surface area contributed by atoms with Crippen molar-refractivity contribution >= 4 is 6.09 Å². The van der Waals surface area contributed by atoms with Crippen LogP contribution in [-0.2, 0) is 4.74 Å². The van der Waals surface area contributed by atoms with Crippen molar-refractivity contribution in [1.82, 2.24) is 10.2 Å². The fraction of sp³-hybridized carbons (Fsp3) is 0.923. The summed E-state index contributed by atoms with van der Waals surface area (Å²) < 4.78 is 19.2. The maximum absolute atomic E-state index is 13.8. The number of ether oxygens (including phenoxy) is 1. The second-order valence-electron chi connectivity index (χ2n) is 6.47. The highest BCUT2D eigenvalue weighted by molar-refractivity contribution is 5.68. The van der Waals surface area contributed by atoms with Gasteiger partial charge in [-0.25, -0.2) is 9.18 Å². The van der Waals surface area contributed by atoms with Crippen LogP contribution in [0, 0.1) is 0 Å². The molecule has 0 aromatic heterocycles. The summed E-state index contributed by atoms with van der Waals surface area (Å²) in [6, 6.07) is 0.0230. The minimum atomic E-state index is -1.42. The van der Waals surface area contributed by atoms with Gasteiger partial charge in [0.05, 0.1) is 6.54 Å². The van der Waals surface area contributed by atoms with Crippen LogP contribution < -0.4 is 5.32 Å². The van der Waals surface area contributed by atoms with E-state index in [1.165, 1.54) is 18.7 Å². The van der Waals surface area contributed by atoms with Gasteiger partial charge in [0, 0.05) is 12.6 Å². The highest BCUT2D eigenvalue weighted by atomic mass is 19.1. The van der Waals surface area contributed by atoms with Crippen LogP contribution in [0.25, 0.3) is 0 Å². The quantitative estimate of drug-likeness (QED) is 0.847. The lowest BCUT2D eigenvalue weighted by molar-refractivity contribution is 0.00512. The van der Waals surface area contributed by atoms with E-state index in [4.69, 9.17) is 4.74 Å². The van der Waals surface area contributed by atoms with Crippen LogP contribution in [0.4, 0.5) is 9.18 Å². The maximum atomic E-state index is 13.8. The molecule has 1 unspecified atom stereocenters. The third-order valence-electron chi connectivity index (χ3n) is 2.65. The molecule has 1 N–H and O–H groups in total. The van der Waals surface area contributed by atoms with Crippen molar-refractivity contribution in [3.05, 3.63) is 0 Å². The fourth-order valence-electron chi connectivity index (χ4n) is 1.97. The lowest BCUT2D eigenvalue weighted by atomic mass is 10.1. The summed E-state index contributed by atoms with van der Waals surface area (Å²) in [6.45, 7) is 10.0. The summed E-state index contributed by atoms with van der Waals surface area (Å²) in [5.74, 6) is 0. The van der Waals surface area contributed by atoms with E-state index in [1.807, 2.05) is 20.8 Å². The number of rotatable bonds is 3. The molecule has 0 bridgehead atoms. The SMILES string of the molecule is CC(C)(F)CN(C(=O)OC(C)(C)C)C1CCNC1. The summed E-state index contributed by atoms with van der Waals surface area (Å²) in [4.78, 5) is 13.7. The molecular weight excluding hydrogens is 235 g/mol. The number of carbonyl (C=O) groups excluding carboxylic acids is 1. The van der Waals surface area contributed by atoms with Crippen LogP contribution in [0.1, 0.15) is 41.0 Å². The molecule has 0 spiro atoms. The van der Waals surface area contributed by atoms with Gasteiger partial charge in [0.1, 0.15) is 11.3 Å². The Morgan fingerprint density at radius 2 is 2.00 bits per heavy atom. The van der Waals surface area contributed by atoms with Gasteiger partial charge in [-0.15, -0.1) is 0 Å². The first-order valence-corrected chi connectivity index (χ1v) is 6.48. The molecule has 1 rings (SSSR count). The molecule has 1 aliphatic heterocycles. The predicted molar refractivity (Wildman–Crippen MR) is 69.4 cm³/mol. The van der Waals surface area contributed by atoms with Crippen molar-refractivity contribution in [1.29, 1.82) is 0 Å². The van der Waals surface area contributed by atoms with E-state index in [0.29, 0.717) is 6.54 Å². The molecular formula is C13H25FN2O2. The van der Waals surface area contributed by atoms with Crippen molar-refractivity contribution in [2.24, 2.45) is 0 Å². The predicted octanol–water partition coefficient (Wildman–Crippen LogP) is 2.33. The molecule has 1 saturated heterocycles. The second kappa shape index (κ2) is 5.43. The van der Waals surface area contributed by atoms with Crippen molar-refractivity contribution in [2.75, 3.05) is 19.6 Å². The lowest BCUT2D eigenvalue weighted by Gasteiger charge is -2.34. The van der Waals surface area contributed by atoms with Gasteiger partial charge >= 0.3 is 6.09 Å². The van der Waals surface area contributed by atoms with Crippen LogP contribution in [0.5, 0.6) is 0 Å². The van der Waals surface area contributed by atoms with Crippen LogP contribution in [-0.4, -0.2) is 47.9 Å². The topological polar surface area (TPSA) is 41.6 Å². The standard InChI is InChI=1S/C13H25FN2O2/c1-12(2,3)18-11(17)16(9-13(4,5)14)10-6-7-15-8-10/h10,15H,6-9H2,1-5H3. The Morgan fingerprint density at radius 1 is 1.39 bits per heavy atom. The van der Waals surface area contributed by atoms with Crippen molar-refractivity contribution in [3.63, 3.8) is 0 Å². The summed E-state index contributed by atoms with van der Waals surface area (Å²) in [5, 5.41) is 3.18. The van der Waals surface area contributed by atoms with Gasteiger partial charge in [0.15, 0.2) is 0 Å². The zero-order chi connectivity index (χ0) is 14.0. The number of carbonyl (C=O) groups is 1. The normalized spacial score (nSPS) is 20.9. The Hall–Kier alpha value is -0.840. The van der Waals surface area contributed by atoms with E-state index in [0.717, 1.165) is 13.0 Å². The van der Waals surface area contributed by atoms with E-state index in [1.54, 1.807) is 0 Å². The van der Waals surface area contributed by atoms with Gasteiger partial charge in [-0.3, -0.25) is 0 Å². The molecule has 106 valence electrons. The second-order valence-corrected chi connectivity index (χ2v) is 6.47. The molecule has 0 saturated carbocycles. The Balaban J connectivity index is 2.73.